The molecule has 1 aliphatic rings. The SMILES string of the molecule is Cc1ccc2nc(N3C(=O)C(O)=C(C(=O)/C=C/c4ccccc4)C3c3cccnc3)sc2c1. The molecule has 0 bridgehead atoms. The fraction of sp³-hybridized carbons (Fsp3) is 0.0769. The highest BCUT2D eigenvalue weighted by molar-refractivity contribution is 7.22. The lowest BCUT2D eigenvalue weighted by Gasteiger charge is -2.23. The van der Waals surface area contributed by atoms with Crippen molar-refractivity contribution in [3.8, 4) is 0 Å². The average molecular weight is 454 g/mol. The molecular formula is C26H19N3O3S. The monoisotopic (exact) mass is 453 g/mol. The van der Waals surface area contributed by atoms with Crippen LogP contribution >= 0.6 is 11.3 Å². The van der Waals surface area contributed by atoms with Crippen molar-refractivity contribution in [1.82, 2.24) is 9.97 Å². The van der Waals surface area contributed by atoms with Gasteiger partial charge in [0.05, 0.1) is 21.8 Å². The number of rotatable bonds is 5. The zero-order valence-corrected chi connectivity index (χ0v) is 18.5. The normalized spacial score (nSPS) is 16.3. The highest BCUT2D eigenvalue weighted by Crippen LogP contribution is 2.43. The summed E-state index contributed by atoms with van der Waals surface area (Å²) in [7, 11) is 0. The Labute approximate surface area is 194 Å². The molecule has 2 aromatic heterocycles. The Morgan fingerprint density at radius 3 is 2.70 bits per heavy atom. The number of carbonyl (C=O) groups is 2. The van der Waals surface area contributed by atoms with Crippen molar-refractivity contribution in [3.63, 3.8) is 0 Å². The van der Waals surface area contributed by atoms with E-state index < -0.39 is 23.5 Å². The molecule has 7 heteroatoms. The summed E-state index contributed by atoms with van der Waals surface area (Å²) >= 11 is 1.34. The van der Waals surface area contributed by atoms with Crippen LogP contribution in [-0.2, 0) is 9.59 Å². The maximum atomic E-state index is 13.2. The van der Waals surface area contributed by atoms with E-state index >= 15 is 0 Å². The second-order valence-electron chi connectivity index (χ2n) is 7.70. The van der Waals surface area contributed by atoms with Gasteiger partial charge in [-0.05, 0) is 47.9 Å². The van der Waals surface area contributed by atoms with Crippen LogP contribution in [0, 0.1) is 6.92 Å². The van der Waals surface area contributed by atoms with Gasteiger partial charge in [0.25, 0.3) is 5.91 Å². The number of hydrogen-bond donors (Lipinski definition) is 1. The number of benzene rings is 2. The Bertz CT molecular complexity index is 1430. The number of carbonyl (C=O) groups excluding carboxylic acids is 2. The summed E-state index contributed by atoms with van der Waals surface area (Å²) in [6, 6.07) is 17.9. The molecule has 0 saturated carbocycles. The smallest absolute Gasteiger partial charge is 0.296 e. The number of nitrogens with zero attached hydrogens (tertiary/aromatic N) is 3. The quantitative estimate of drug-likeness (QED) is 0.421. The van der Waals surface area contributed by atoms with E-state index in [1.807, 2.05) is 55.5 Å². The molecule has 0 spiro atoms. The number of amides is 1. The first kappa shape index (κ1) is 20.8. The Morgan fingerprint density at radius 1 is 1.12 bits per heavy atom. The Kier molecular flexibility index (Phi) is 5.32. The van der Waals surface area contributed by atoms with Crippen LogP contribution in [0.4, 0.5) is 5.13 Å². The molecule has 2 aromatic carbocycles. The van der Waals surface area contributed by atoms with Crippen LogP contribution in [0.1, 0.15) is 22.7 Å². The zero-order chi connectivity index (χ0) is 22.9. The van der Waals surface area contributed by atoms with Gasteiger partial charge in [0.2, 0.25) is 0 Å². The van der Waals surface area contributed by atoms with Crippen LogP contribution in [0.5, 0.6) is 0 Å². The molecule has 0 fully saturated rings. The molecule has 5 rings (SSSR count). The van der Waals surface area contributed by atoms with E-state index in [0.717, 1.165) is 21.3 Å². The number of fused-ring (bicyclic) bond motifs is 1. The second-order valence-corrected chi connectivity index (χ2v) is 8.71. The third-order valence-corrected chi connectivity index (χ3v) is 6.46. The third-order valence-electron chi connectivity index (χ3n) is 5.44. The van der Waals surface area contributed by atoms with E-state index in [1.165, 1.54) is 22.3 Å². The van der Waals surface area contributed by atoms with Crippen LogP contribution < -0.4 is 4.90 Å². The Balaban J connectivity index is 1.59. The molecule has 33 heavy (non-hydrogen) atoms. The number of aliphatic hydroxyl groups excluding tert-OH is 1. The predicted molar refractivity (Wildman–Crippen MR) is 129 cm³/mol. The van der Waals surface area contributed by atoms with Gasteiger partial charge in [0.15, 0.2) is 16.7 Å². The first-order valence-corrected chi connectivity index (χ1v) is 11.2. The van der Waals surface area contributed by atoms with Crippen molar-refractivity contribution in [2.45, 2.75) is 13.0 Å². The minimum absolute atomic E-state index is 0.00983. The van der Waals surface area contributed by atoms with E-state index in [-0.39, 0.29) is 5.57 Å². The number of thiazole rings is 1. The number of ketones is 1. The van der Waals surface area contributed by atoms with Gasteiger partial charge < -0.3 is 5.11 Å². The van der Waals surface area contributed by atoms with Crippen LogP contribution in [0.15, 0.2) is 90.5 Å². The summed E-state index contributed by atoms with van der Waals surface area (Å²) in [4.78, 5) is 36.6. The number of aryl methyl sites for hydroxylation is 1. The predicted octanol–water partition coefficient (Wildman–Crippen LogP) is 5.18. The number of allylic oxidation sites excluding steroid dienone is 1. The summed E-state index contributed by atoms with van der Waals surface area (Å²) in [5, 5.41) is 11.2. The third kappa shape index (κ3) is 3.83. The molecule has 4 aromatic rings. The van der Waals surface area contributed by atoms with Gasteiger partial charge in [0.1, 0.15) is 0 Å². The van der Waals surface area contributed by atoms with Crippen molar-refractivity contribution < 1.29 is 14.7 Å². The summed E-state index contributed by atoms with van der Waals surface area (Å²) in [6.45, 7) is 1.99. The minimum Gasteiger partial charge on any atom is -0.503 e. The van der Waals surface area contributed by atoms with Gasteiger partial charge in [0, 0.05) is 12.4 Å². The molecule has 1 amide bonds. The van der Waals surface area contributed by atoms with Crippen molar-refractivity contribution in [2.75, 3.05) is 4.90 Å². The van der Waals surface area contributed by atoms with E-state index in [4.69, 9.17) is 0 Å². The van der Waals surface area contributed by atoms with Gasteiger partial charge in [-0.2, -0.15) is 0 Å². The fourth-order valence-electron chi connectivity index (χ4n) is 3.86. The summed E-state index contributed by atoms with van der Waals surface area (Å²) in [6.07, 6.45) is 6.25. The Morgan fingerprint density at radius 2 is 1.94 bits per heavy atom. The van der Waals surface area contributed by atoms with E-state index in [9.17, 15) is 14.7 Å². The average Bonchev–Trinajstić information content (AvgIpc) is 3.36. The van der Waals surface area contributed by atoms with Gasteiger partial charge >= 0.3 is 0 Å². The topological polar surface area (TPSA) is 83.4 Å². The van der Waals surface area contributed by atoms with Crippen molar-refractivity contribution in [2.24, 2.45) is 0 Å². The molecule has 1 atom stereocenters. The number of aliphatic hydroxyl groups is 1. The number of pyridine rings is 1. The van der Waals surface area contributed by atoms with Gasteiger partial charge in [-0.3, -0.25) is 19.5 Å². The molecule has 0 aliphatic carbocycles. The maximum Gasteiger partial charge on any atom is 0.296 e. The summed E-state index contributed by atoms with van der Waals surface area (Å²) in [5.41, 5.74) is 3.29. The van der Waals surface area contributed by atoms with E-state index in [1.54, 1.807) is 30.6 Å². The lowest BCUT2D eigenvalue weighted by atomic mass is 9.97. The highest BCUT2D eigenvalue weighted by atomic mass is 32.1. The molecule has 6 nitrogen and oxygen atoms in total. The molecule has 0 radical (unpaired) electrons. The lowest BCUT2D eigenvalue weighted by Crippen LogP contribution is -2.30. The van der Waals surface area contributed by atoms with Crippen LogP contribution in [0.25, 0.3) is 16.3 Å². The maximum absolute atomic E-state index is 13.2. The minimum atomic E-state index is -0.833. The Hall–Kier alpha value is -4.10. The van der Waals surface area contributed by atoms with Crippen LogP contribution in [-0.4, -0.2) is 26.8 Å². The largest absolute Gasteiger partial charge is 0.503 e. The molecule has 162 valence electrons. The highest BCUT2D eigenvalue weighted by Gasteiger charge is 2.45. The molecule has 3 heterocycles. The van der Waals surface area contributed by atoms with E-state index in [0.29, 0.717) is 10.7 Å². The standard InChI is InChI=1S/C26H19N3O3S/c1-16-9-11-19-21(14-16)33-26(28-19)29-23(18-8-5-13-27-15-18)22(24(31)25(29)32)20(30)12-10-17-6-3-2-4-7-17/h2-15,23,31H,1H3/b12-10+. The lowest BCUT2D eigenvalue weighted by molar-refractivity contribution is -0.117. The fourth-order valence-corrected chi connectivity index (χ4v) is 4.95. The molecule has 1 N–H and O–H groups in total. The summed E-state index contributed by atoms with van der Waals surface area (Å²) in [5.74, 6) is -1.67. The number of aromatic nitrogens is 2. The number of hydrogen-bond acceptors (Lipinski definition) is 6. The van der Waals surface area contributed by atoms with Gasteiger partial charge in [-0.15, -0.1) is 0 Å². The molecular weight excluding hydrogens is 434 g/mol. The van der Waals surface area contributed by atoms with Crippen molar-refractivity contribution >= 4 is 44.5 Å². The molecule has 1 unspecified atom stereocenters. The van der Waals surface area contributed by atoms with E-state index in [2.05, 4.69) is 9.97 Å². The summed E-state index contributed by atoms with van der Waals surface area (Å²) < 4.78 is 0.922. The molecule has 1 aliphatic heterocycles. The first-order chi connectivity index (χ1) is 16.0. The zero-order valence-electron chi connectivity index (χ0n) is 17.7. The number of anilines is 1. The van der Waals surface area contributed by atoms with Crippen molar-refractivity contribution in [3.05, 3.63) is 107 Å². The van der Waals surface area contributed by atoms with Crippen LogP contribution in [0.3, 0.4) is 0 Å². The first-order valence-electron chi connectivity index (χ1n) is 10.3. The molecule has 0 saturated heterocycles. The van der Waals surface area contributed by atoms with Gasteiger partial charge in [-0.1, -0.05) is 59.9 Å². The van der Waals surface area contributed by atoms with Crippen molar-refractivity contribution in [1.29, 1.82) is 0 Å². The van der Waals surface area contributed by atoms with Crippen LogP contribution in [0.2, 0.25) is 0 Å². The van der Waals surface area contributed by atoms with Gasteiger partial charge in [-0.25, -0.2) is 4.98 Å². The second kappa shape index (κ2) is 8.44.